The van der Waals surface area contributed by atoms with E-state index in [4.69, 9.17) is 4.74 Å². The number of amides is 2. The molecule has 218 valence electrons. The van der Waals surface area contributed by atoms with E-state index in [9.17, 15) is 27.2 Å². The number of carbonyl (C=O) groups is 2. The number of hydrogen-bond donors (Lipinski definition) is 2. The van der Waals surface area contributed by atoms with Crippen molar-refractivity contribution in [2.45, 2.75) is 75.9 Å². The zero-order chi connectivity index (χ0) is 28.3. The molecule has 4 bridgehead atoms. The number of halogens is 4. The largest absolute Gasteiger partial charge is 0.491 e. The smallest absolute Gasteiger partial charge is 0.405 e. The van der Waals surface area contributed by atoms with Crippen molar-refractivity contribution < 1.29 is 31.9 Å². The van der Waals surface area contributed by atoms with E-state index in [1.807, 2.05) is 5.32 Å². The number of ether oxygens (including phenoxy) is 1. The predicted molar refractivity (Wildman–Crippen MR) is 138 cm³/mol. The van der Waals surface area contributed by atoms with Gasteiger partial charge in [0.1, 0.15) is 18.0 Å². The quantitative estimate of drug-likeness (QED) is 0.274. The molecule has 0 spiro atoms. The van der Waals surface area contributed by atoms with Gasteiger partial charge in [0.15, 0.2) is 5.69 Å². The van der Waals surface area contributed by atoms with Gasteiger partial charge in [0, 0.05) is 11.1 Å². The number of unbranched alkanes of at least 4 members (excludes halogenated alkanes) is 3. The van der Waals surface area contributed by atoms with Crippen LogP contribution in [-0.4, -0.2) is 58.3 Å². The van der Waals surface area contributed by atoms with E-state index in [1.54, 1.807) is 0 Å². The van der Waals surface area contributed by atoms with Crippen LogP contribution >= 0.6 is 0 Å². The maximum Gasteiger partial charge on any atom is 0.405 e. The molecule has 40 heavy (non-hydrogen) atoms. The molecule has 4 aliphatic rings. The minimum atomic E-state index is -4.54. The highest BCUT2D eigenvalue weighted by atomic mass is 19.4. The van der Waals surface area contributed by atoms with Crippen molar-refractivity contribution in [1.29, 1.82) is 0 Å². The van der Waals surface area contributed by atoms with Gasteiger partial charge < -0.3 is 15.4 Å². The summed E-state index contributed by atoms with van der Waals surface area (Å²) in [4.78, 5) is 25.6. The Morgan fingerprint density at radius 1 is 1.00 bits per heavy atom. The van der Waals surface area contributed by atoms with Crippen LogP contribution < -0.4 is 15.4 Å². The first-order valence-corrected chi connectivity index (χ1v) is 14.1. The minimum absolute atomic E-state index is 0.0136. The third kappa shape index (κ3) is 6.75. The molecule has 8 nitrogen and oxygen atoms in total. The summed E-state index contributed by atoms with van der Waals surface area (Å²) in [5, 5.41) is 13.3. The van der Waals surface area contributed by atoms with Crippen LogP contribution in [0.25, 0.3) is 5.69 Å². The van der Waals surface area contributed by atoms with Crippen LogP contribution in [0.5, 0.6) is 5.75 Å². The van der Waals surface area contributed by atoms with E-state index in [0.717, 1.165) is 25.7 Å². The second-order valence-electron chi connectivity index (χ2n) is 11.6. The van der Waals surface area contributed by atoms with E-state index in [1.165, 1.54) is 48.3 Å². The molecular formula is C28H35F4N5O3. The van der Waals surface area contributed by atoms with E-state index in [0.29, 0.717) is 42.7 Å². The second-order valence-corrected chi connectivity index (χ2v) is 11.6. The van der Waals surface area contributed by atoms with Crippen LogP contribution in [0.3, 0.4) is 0 Å². The first kappa shape index (κ1) is 28.4. The third-order valence-corrected chi connectivity index (χ3v) is 8.35. The van der Waals surface area contributed by atoms with Crippen molar-refractivity contribution in [2.75, 3.05) is 19.8 Å². The lowest BCUT2D eigenvalue weighted by molar-refractivity contribution is -0.123. The Morgan fingerprint density at radius 3 is 2.33 bits per heavy atom. The van der Waals surface area contributed by atoms with Gasteiger partial charge in [-0.15, -0.1) is 5.10 Å². The fourth-order valence-corrected chi connectivity index (χ4v) is 7.03. The van der Waals surface area contributed by atoms with Gasteiger partial charge in [-0.25, -0.2) is 4.68 Å². The van der Waals surface area contributed by atoms with Gasteiger partial charge in [0.05, 0.1) is 19.5 Å². The van der Waals surface area contributed by atoms with Crippen molar-refractivity contribution in [2.24, 2.45) is 17.8 Å². The Kier molecular flexibility index (Phi) is 8.32. The molecule has 1 heterocycles. The lowest BCUT2D eigenvalue weighted by Crippen LogP contribution is -2.59. The number of aromatic nitrogens is 3. The van der Waals surface area contributed by atoms with Crippen molar-refractivity contribution in [3.63, 3.8) is 0 Å². The number of benzene rings is 1. The normalized spacial score (nSPS) is 25.1. The number of nitrogens with one attached hydrogen (secondary N) is 2. The second kappa shape index (κ2) is 11.7. The molecule has 0 saturated heterocycles. The molecule has 2 aromatic rings. The van der Waals surface area contributed by atoms with Crippen LogP contribution in [0.15, 0.2) is 24.4 Å². The molecule has 0 radical (unpaired) electrons. The molecule has 2 amide bonds. The molecule has 0 atom stereocenters. The highest BCUT2D eigenvalue weighted by Gasteiger charge is 2.51. The Morgan fingerprint density at radius 2 is 1.68 bits per heavy atom. The van der Waals surface area contributed by atoms with Crippen LogP contribution in [0.2, 0.25) is 0 Å². The number of alkyl halides is 4. The fourth-order valence-electron chi connectivity index (χ4n) is 7.03. The first-order chi connectivity index (χ1) is 19.1. The Labute approximate surface area is 230 Å². The summed E-state index contributed by atoms with van der Waals surface area (Å²) in [7, 11) is 0. The van der Waals surface area contributed by atoms with E-state index < -0.39 is 18.6 Å². The SMILES string of the molecule is O=C(NCC(F)(F)F)c1ccc(-n2cc(C(=O)NC34CC5CC(CC(C5)C3)C4)nn2)c(OCCCCCCF)c1. The maximum absolute atomic E-state index is 13.2. The zero-order valence-electron chi connectivity index (χ0n) is 22.3. The maximum atomic E-state index is 13.2. The average molecular weight is 566 g/mol. The molecule has 2 N–H and O–H groups in total. The molecule has 0 aliphatic heterocycles. The molecule has 1 aromatic carbocycles. The fraction of sp³-hybridized carbons (Fsp3) is 0.643. The summed E-state index contributed by atoms with van der Waals surface area (Å²) in [5.41, 5.74) is 0.343. The van der Waals surface area contributed by atoms with Gasteiger partial charge in [-0.3, -0.25) is 14.0 Å². The molecule has 12 heteroatoms. The molecule has 6 rings (SSSR count). The van der Waals surface area contributed by atoms with Gasteiger partial charge in [-0.05, 0) is 93.7 Å². The summed E-state index contributed by atoms with van der Waals surface area (Å²) in [6, 6.07) is 4.21. The summed E-state index contributed by atoms with van der Waals surface area (Å²) >= 11 is 0. The van der Waals surface area contributed by atoms with Gasteiger partial charge >= 0.3 is 6.18 Å². The molecular weight excluding hydrogens is 530 g/mol. The van der Waals surface area contributed by atoms with Gasteiger partial charge in [0.25, 0.3) is 11.8 Å². The molecule has 4 saturated carbocycles. The van der Waals surface area contributed by atoms with Crippen LogP contribution in [0.1, 0.15) is 85.1 Å². The van der Waals surface area contributed by atoms with E-state index in [2.05, 4.69) is 15.6 Å². The van der Waals surface area contributed by atoms with Crippen molar-refractivity contribution in [3.05, 3.63) is 35.7 Å². The Bertz CT molecular complexity index is 1180. The highest BCUT2D eigenvalue weighted by molar-refractivity contribution is 5.95. The van der Waals surface area contributed by atoms with Gasteiger partial charge in [-0.2, -0.15) is 13.2 Å². The van der Waals surface area contributed by atoms with Crippen LogP contribution in [0.4, 0.5) is 17.6 Å². The minimum Gasteiger partial charge on any atom is -0.491 e. The third-order valence-electron chi connectivity index (χ3n) is 8.35. The molecule has 0 unspecified atom stereocenters. The van der Waals surface area contributed by atoms with Crippen LogP contribution in [-0.2, 0) is 0 Å². The summed E-state index contributed by atoms with van der Waals surface area (Å²) in [6.07, 6.45) is 6.26. The number of hydrogen-bond acceptors (Lipinski definition) is 5. The van der Waals surface area contributed by atoms with E-state index >= 15 is 0 Å². The monoisotopic (exact) mass is 565 g/mol. The van der Waals surface area contributed by atoms with Crippen molar-refractivity contribution in [1.82, 2.24) is 25.6 Å². The van der Waals surface area contributed by atoms with E-state index in [-0.39, 0.29) is 41.7 Å². The topological polar surface area (TPSA) is 98.1 Å². The van der Waals surface area contributed by atoms with Crippen molar-refractivity contribution in [3.8, 4) is 11.4 Å². The molecule has 4 fully saturated rings. The highest BCUT2D eigenvalue weighted by Crippen LogP contribution is 2.55. The summed E-state index contributed by atoms with van der Waals surface area (Å²) in [6.45, 7) is -1.59. The summed E-state index contributed by atoms with van der Waals surface area (Å²) in [5.74, 6) is 1.04. The first-order valence-electron chi connectivity index (χ1n) is 14.1. The number of carbonyl (C=O) groups excluding carboxylic acids is 2. The van der Waals surface area contributed by atoms with Crippen LogP contribution in [0, 0.1) is 17.8 Å². The van der Waals surface area contributed by atoms with Crippen molar-refractivity contribution >= 4 is 11.8 Å². The zero-order valence-corrected chi connectivity index (χ0v) is 22.3. The van der Waals surface area contributed by atoms with Gasteiger partial charge in [0.2, 0.25) is 0 Å². The lowest BCUT2D eigenvalue weighted by Gasteiger charge is -2.56. The summed E-state index contributed by atoms with van der Waals surface area (Å²) < 4.78 is 57.3. The molecule has 4 aliphatic carbocycles. The lowest BCUT2D eigenvalue weighted by atomic mass is 9.53. The average Bonchev–Trinajstić information content (AvgIpc) is 3.38. The van der Waals surface area contributed by atoms with Gasteiger partial charge in [-0.1, -0.05) is 11.6 Å². The Hall–Kier alpha value is -3.18. The number of nitrogens with zero attached hydrogens (tertiary/aromatic N) is 3. The predicted octanol–water partition coefficient (Wildman–Crippen LogP) is 5.17. The number of rotatable bonds is 12. The standard InChI is InChI=1S/C28H35F4N5O3/c29-7-3-1-2-4-8-40-24-12-21(25(38)33-17-28(30,31)32)5-6-23(24)37-16-22(35-36-37)26(39)34-27-13-18-9-19(14-27)11-20(10-18)15-27/h5-6,12,16,18-20H,1-4,7-11,13-15,17H2,(H,33,38)(H,34,39). The Balaban J connectivity index is 1.30. The molecule has 1 aromatic heterocycles.